The summed E-state index contributed by atoms with van der Waals surface area (Å²) in [5.74, 6) is -6.89. The molecule has 3 aromatic rings. The monoisotopic (exact) mass is 570 g/mol. The third-order valence-electron chi connectivity index (χ3n) is 6.10. The molecule has 2 heterocycles. The Hall–Kier alpha value is -5.25. The molecule has 2 aromatic heterocycles. The molecule has 16 heteroatoms. The van der Waals surface area contributed by atoms with Crippen LogP contribution in [0.15, 0.2) is 43.0 Å². The van der Waals surface area contributed by atoms with Gasteiger partial charge in [-0.2, -0.15) is 0 Å². The first kappa shape index (κ1) is 30.3. The van der Waals surface area contributed by atoms with Gasteiger partial charge in [-0.25, -0.2) is 9.78 Å². The first-order valence-electron chi connectivity index (χ1n) is 12.4. The van der Waals surface area contributed by atoms with Crippen LogP contribution in [0, 0.1) is 0 Å². The first-order chi connectivity index (χ1) is 19.4. The summed E-state index contributed by atoms with van der Waals surface area (Å²) < 4.78 is 0. The summed E-state index contributed by atoms with van der Waals surface area (Å²) in [5, 5.41) is 25.8. The van der Waals surface area contributed by atoms with Gasteiger partial charge in [0.2, 0.25) is 23.6 Å². The van der Waals surface area contributed by atoms with E-state index in [2.05, 4.69) is 25.6 Å². The summed E-state index contributed by atoms with van der Waals surface area (Å²) in [7, 11) is 0. The van der Waals surface area contributed by atoms with E-state index in [1.54, 1.807) is 18.3 Å². The lowest BCUT2D eigenvalue weighted by atomic mass is 10.0. The molecule has 4 unspecified atom stereocenters. The first-order valence-corrected chi connectivity index (χ1v) is 12.4. The number of aliphatic carboxylic acids is 2. The fraction of sp³-hybridized carbons (Fsp3) is 0.320. The van der Waals surface area contributed by atoms with E-state index in [4.69, 9.17) is 16.6 Å². The van der Waals surface area contributed by atoms with E-state index in [1.165, 1.54) is 12.5 Å². The Morgan fingerprint density at radius 2 is 1.51 bits per heavy atom. The van der Waals surface area contributed by atoms with Gasteiger partial charge in [0, 0.05) is 41.8 Å². The Bertz CT molecular complexity index is 1420. The minimum atomic E-state index is -1.84. The number of nitrogens with zero attached hydrogens (tertiary/aromatic N) is 1. The zero-order chi connectivity index (χ0) is 30.1. The van der Waals surface area contributed by atoms with E-state index in [0.29, 0.717) is 11.3 Å². The number of hydrogen-bond donors (Lipinski definition) is 9. The second-order valence-electron chi connectivity index (χ2n) is 9.24. The third-order valence-corrected chi connectivity index (χ3v) is 6.10. The summed E-state index contributed by atoms with van der Waals surface area (Å²) in [5.41, 5.74) is 13.3. The average Bonchev–Trinajstić information content (AvgIpc) is 3.56. The van der Waals surface area contributed by atoms with Crippen LogP contribution in [0.4, 0.5) is 0 Å². The van der Waals surface area contributed by atoms with Crippen LogP contribution in [0.25, 0.3) is 10.9 Å². The number of benzene rings is 1. The molecule has 0 aliphatic heterocycles. The summed E-state index contributed by atoms with van der Waals surface area (Å²) in [6, 6.07) is 1.33. The Morgan fingerprint density at radius 1 is 0.854 bits per heavy atom. The molecule has 218 valence electrons. The zero-order valence-corrected chi connectivity index (χ0v) is 21.6. The number of fused-ring (bicyclic) bond motifs is 1. The molecule has 16 nitrogen and oxygen atoms in total. The lowest BCUT2D eigenvalue weighted by molar-refractivity contribution is -0.147. The van der Waals surface area contributed by atoms with E-state index < -0.39 is 72.6 Å². The number of aromatic nitrogens is 3. The Balaban J connectivity index is 1.83. The molecular formula is C25H30N8O8. The number of carboxylic acids is 2. The summed E-state index contributed by atoms with van der Waals surface area (Å²) in [6.07, 6.45) is 2.90. The van der Waals surface area contributed by atoms with E-state index in [9.17, 15) is 33.9 Å². The highest BCUT2D eigenvalue weighted by Crippen LogP contribution is 2.19. The fourth-order valence-electron chi connectivity index (χ4n) is 4.06. The van der Waals surface area contributed by atoms with Crippen molar-refractivity contribution in [2.75, 3.05) is 0 Å². The van der Waals surface area contributed by atoms with Crippen molar-refractivity contribution in [3.8, 4) is 0 Å². The number of carbonyl (C=O) groups is 6. The molecule has 0 spiro atoms. The van der Waals surface area contributed by atoms with Crippen molar-refractivity contribution in [3.05, 3.63) is 54.2 Å². The topological polar surface area (TPSA) is 275 Å². The van der Waals surface area contributed by atoms with Gasteiger partial charge >= 0.3 is 11.9 Å². The van der Waals surface area contributed by atoms with E-state index in [1.807, 2.05) is 17.4 Å². The molecule has 0 bridgehead atoms. The van der Waals surface area contributed by atoms with Gasteiger partial charge < -0.3 is 47.6 Å². The van der Waals surface area contributed by atoms with Crippen LogP contribution in [-0.4, -0.2) is 84.9 Å². The van der Waals surface area contributed by atoms with E-state index in [0.717, 1.165) is 10.9 Å². The number of primary amides is 1. The number of H-pyrrole nitrogens is 2. The maximum absolute atomic E-state index is 13.4. The largest absolute Gasteiger partial charge is 0.481 e. The zero-order valence-electron chi connectivity index (χ0n) is 21.6. The average molecular weight is 571 g/mol. The normalized spacial score (nSPS) is 13.9. The van der Waals surface area contributed by atoms with Crippen molar-refractivity contribution >= 4 is 46.5 Å². The minimum absolute atomic E-state index is 0.0555. The maximum Gasteiger partial charge on any atom is 0.326 e. The van der Waals surface area contributed by atoms with Crippen LogP contribution in [0.3, 0.4) is 0 Å². The van der Waals surface area contributed by atoms with Gasteiger partial charge in [-0.1, -0.05) is 18.2 Å². The number of rotatable bonds is 15. The molecule has 0 aliphatic carbocycles. The number of carbonyl (C=O) groups excluding carboxylic acids is 4. The van der Waals surface area contributed by atoms with Crippen molar-refractivity contribution in [2.45, 2.75) is 49.9 Å². The Labute approximate surface area is 232 Å². The van der Waals surface area contributed by atoms with Gasteiger partial charge in [0.05, 0.1) is 25.2 Å². The molecule has 0 saturated heterocycles. The van der Waals surface area contributed by atoms with Crippen LogP contribution >= 0.6 is 0 Å². The highest BCUT2D eigenvalue weighted by atomic mass is 16.4. The van der Waals surface area contributed by atoms with Crippen LogP contribution in [-0.2, 0) is 41.6 Å². The van der Waals surface area contributed by atoms with Crippen molar-refractivity contribution in [2.24, 2.45) is 11.5 Å². The standard InChI is InChI=1S/C25H30N8O8/c26-15(6-13-10-28-11-30-13)22(37)31-17(5-12-9-29-16-4-2-1-3-14(12)16)23(38)32-18(7-20(27)34)24(39)33-19(25(40)41)8-21(35)36/h1-4,9-11,15,17-19,29H,5-8,26H2,(H2,27,34)(H,28,30)(H,31,37)(H,32,38)(H,33,39)(H,35,36)(H,40,41). The van der Waals surface area contributed by atoms with Crippen molar-refractivity contribution in [1.29, 1.82) is 0 Å². The van der Waals surface area contributed by atoms with E-state index >= 15 is 0 Å². The number of nitrogens with one attached hydrogen (secondary N) is 5. The number of carboxylic acid groups (broad SMARTS) is 2. The van der Waals surface area contributed by atoms with Gasteiger partial charge in [-0.3, -0.25) is 24.0 Å². The van der Waals surface area contributed by atoms with Gasteiger partial charge in [0.15, 0.2) is 0 Å². The second kappa shape index (κ2) is 13.7. The van der Waals surface area contributed by atoms with Crippen LogP contribution in [0.2, 0.25) is 0 Å². The molecule has 1 aromatic carbocycles. The number of hydrogen-bond acceptors (Lipinski definition) is 8. The summed E-state index contributed by atoms with van der Waals surface area (Å²) in [4.78, 5) is 83.0. The molecule has 41 heavy (non-hydrogen) atoms. The van der Waals surface area contributed by atoms with Crippen LogP contribution in [0.5, 0.6) is 0 Å². The van der Waals surface area contributed by atoms with Crippen LogP contribution in [0.1, 0.15) is 24.1 Å². The number of amides is 4. The molecular weight excluding hydrogens is 540 g/mol. The summed E-state index contributed by atoms with van der Waals surface area (Å²) >= 11 is 0. The number of nitrogens with two attached hydrogens (primary N) is 2. The highest BCUT2D eigenvalue weighted by Gasteiger charge is 2.32. The molecule has 0 saturated carbocycles. The molecule has 3 rings (SSSR count). The molecule has 4 atom stereocenters. The van der Waals surface area contributed by atoms with Crippen LogP contribution < -0.4 is 27.4 Å². The number of imidazole rings is 1. The van der Waals surface area contributed by atoms with Crippen molar-refractivity contribution < 1.29 is 39.0 Å². The predicted octanol–water partition coefficient (Wildman–Crippen LogP) is -2.11. The second-order valence-corrected chi connectivity index (χ2v) is 9.24. The SMILES string of the molecule is NC(=O)CC(NC(=O)C(Cc1c[nH]c2ccccc12)NC(=O)C(N)Cc1cnc[nH]1)C(=O)NC(CC(=O)O)C(=O)O. The maximum atomic E-state index is 13.4. The molecule has 0 fully saturated rings. The van der Waals surface area contributed by atoms with Gasteiger partial charge in [0.25, 0.3) is 0 Å². The van der Waals surface area contributed by atoms with Gasteiger partial charge in [-0.15, -0.1) is 0 Å². The quantitative estimate of drug-likeness (QED) is 0.0959. The fourth-order valence-corrected chi connectivity index (χ4v) is 4.06. The molecule has 0 aliphatic rings. The smallest absolute Gasteiger partial charge is 0.326 e. The predicted molar refractivity (Wildman–Crippen MR) is 142 cm³/mol. The Morgan fingerprint density at radius 3 is 2.15 bits per heavy atom. The Kier molecular flexibility index (Phi) is 10.1. The molecule has 0 radical (unpaired) electrons. The molecule has 11 N–H and O–H groups in total. The lowest BCUT2D eigenvalue weighted by Gasteiger charge is -2.24. The van der Waals surface area contributed by atoms with Crippen molar-refractivity contribution in [1.82, 2.24) is 30.9 Å². The van der Waals surface area contributed by atoms with Gasteiger partial charge in [0.1, 0.15) is 18.1 Å². The van der Waals surface area contributed by atoms with Gasteiger partial charge in [-0.05, 0) is 11.6 Å². The van der Waals surface area contributed by atoms with E-state index in [-0.39, 0.29) is 12.8 Å². The minimum Gasteiger partial charge on any atom is -0.481 e. The summed E-state index contributed by atoms with van der Waals surface area (Å²) in [6.45, 7) is 0. The number of aromatic amines is 2. The lowest BCUT2D eigenvalue weighted by Crippen LogP contribution is -2.58. The third kappa shape index (κ3) is 8.62. The highest BCUT2D eigenvalue weighted by molar-refractivity contribution is 5.97. The number of para-hydroxylation sites is 1. The van der Waals surface area contributed by atoms with Crippen molar-refractivity contribution in [3.63, 3.8) is 0 Å². The molecule has 4 amide bonds.